The van der Waals surface area contributed by atoms with Crippen LogP contribution in [0.1, 0.15) is 36.3 Å². The first-order chi connectivity index (χ1) is 8.45. The molecule has 0 aromatic carbocycles. The summed E-state index contributed by atoms with van der Waals surface area (Å²) in [5.41, 5.74) is 0.814. The Balaban J connectivity index is 0.00000133. The zero-order valence-electron chi connectivity index (χ0n) is 10.5. The number of nitrogens with one attached hydrogen (secondary N) is 1. The normalized spacial score (nSPS) is 29.4. The summed E-state index contributed by atoms with van der Waals surface area (Å²) in [4.78, 5) is 3.81. The van der Waals surface area contributed by atoms with Gasteiger partial charge in [-0.25, -0.2) is 4.98 Å². The number of pyridine rings is 1. The molecule has 3 rings (SSSR count). The quantitative estimate of drug-likeness (QED) is 0.793. The average Bonchev–Trinajstić information content (AvgIpc) is 2.63. The smallest absolute Gasteiger partial charge is 0.309 e. The Bertz CT molecular complexity index is 475. The molecular weight excluding hydrogens is 277 g/mol. The van der Waals surface area contributed by atoms with E-state index in [0.29, 0.717) is 24.0 Å². The van der Waals surface area contributed by atoms with E-state index in [1.165, 1.54) is 0 Å². The Kier molecular flexibility index (Phi) is 3.80. The molecule has 0 spiro atoms. The maximum atomic E-state index is 12.6. The minimum atomic E-state index is -4.34. The van der Waals surface area contributed by atoms with Crippen molar-refractivity contribution in [3.63, 3.8) is 0 Å². The molecule has 3 atom stereocenters. The number of fused-ring (bicyclic) bond motifs is 3. The van der Waals surface area contributed by atoms with Gasteiger partial charge in [-0.05, 0) is 42.9 Å². The van der Waals surface area contributed by atoms with Gasteiger partial charge in [0.2, 0.25) is 0 Å². The van der Waals surface area contributed by atoms with Gasteiger partial charge < -0.3 is 5.32 Å². The van der Waals surface area contributed by atoms with Crippen LogP contribution in [0.4, 0.5) is 13.2 Å². The number of aromatic nitrogens is 1. The van der Waals surface area contributed by atoms with Gasteiger partial charge in [-0.1, -0.05) is 13.0 Å². The van der Waals surface area contributed by atoms with E-state index in [-0.39, 0.29) is 18.4 Å². The van der Waals surface area contributed by atoms with Crippen LogP contribution in [0.5, 0.6) is 0 Å². The molecule has 1 N–H and O–H groups in total. The van der Waals surface area contributed by atoms with Gasteiger partial charge in [0.1, 0.15) is 5.69 Å². The molecule has 106 valence electrons. The van der Waals surface area contributed by atoms with Crippen molar-refractivity contribution in [2.75, 3.05) is 6.54 Å². The predicted octanol–water partition coefficient (Wildman–Crippen LogP) is 3.37. The van der Waals surface area contributed by atoms with Crippen molar-refractivity contribution in [3.8, 4) is 0 Å². The number of nitrogens with zero attached hydrogens (tertiary/aromatic N) is 1. The first kappa shape index (κ1) is 14.6. The lowest BCUT2D eigenvalue weighted by Gasteiger charge is -2.31. The van der Waals surface area contributed by atoms with Gasteiger partial charge in [0.25, 0.3) is 0 Å². The van der Waals surface area contributed by atoms with E-state index in [9.17, 15) is 13.2 Å². The van der Waals surface area contributed by atoms with Crippen molar-refractivity contribution in [2.45, 2.75) is 32.0 Å². The molecular formula is C13H16ClF3N2. The van der Waals surface area contributed by atoms with Gasteiger partial charge in [0.05, 0.1) is 0 Å². The molecule has 1 fully saturated rings. The van der Waals surface area contributed by atoms with Crippen LogP contribution >= 0.6 is 12.4 Å². The Morgan fingerprint density at radius 2 is 2.05 bits per heavy atom. The van der Waals surface area contributed by atoms with E-state index in [1.807, 2.05) is 0 Å². The standard InChI is InChI=1S/C13H15F3N2.ClH/c1-7-4-8-5-10-9(12(8)17-6-7)2-3-11(18-10)13(14,15)16;/h2-3,7-8,12,17H,4-6H2,1H3;1H/t7-,8-,12-;/m1./s1. The minimum absolute atomic E-state index is 0. The van der Waals surface area contributed by atoms with E-state index in [2.05, 4.69) is 17.2 Å². The summed E-state index contributed by atoms with van der Waals surface area (Å²) in [5.74, 6) is 0.988. The monoisotopic (exact) mass is 292 g/mol. The highest BCUT2D eigenvalue weighted by molar-refractivity contribution is 5.85. The first-order valence-corrected chi connectivity index (χ1v) is 6.25. The summed E-state index contributed by atoms with van der Waals surface area (Å²) in [7, 11) is 0. The van der Waals surface area contributed by atoms with Crippen molar-refractivity contribution in [3.05, 3.63) is 29.1 Å². The fourth-order valence-corrected chi connectivity index (χ4v) is 3.16. The van der Waals surface area contributed by atoms with Crippen molar-refractivity contribution in [1.29, 1.82) is 0 Å². The second-order valence-corrected chi connectivity index (χ2v) is 5.42. The molecule has 6 heteroatoms. The lowest BCUT2D eigenvalue weighted by atomic mass is 9.86. The van der Waals surface area contributed by atoms with Gasteiger partial charge in [-0.15, -0.1) is 12.4 Å². The number of hydrogen-bond donors (Lipinski definition) is 1. The highest BCUT2D eigenvalue weighted by atomic mass is 35.5. The number of alkyl halides is 3. The zero-order chi connectivity index (χ0) is 12.9. The Labute approximate surface area is 116 Å². The number of piperidine rings is 1. The van der Waals surface area contributed by atoms with Gasteiger partial charge >= 0.3 is 6.18 Å². The molecule has 1 aromatic heterocycles. The molecule has 2 aliphatic rings. The van der Waals surface area contributed by atoms with Crippen LogP contribution in [0.2, 0.25) is 0 Å². The SMILES string of the molecule is C[C@H]1CN[C@H]2c3ccc(C(F)(F)F)nc3C[C@H]2C1.Cl. The molecule has 1 saturated heterocycles. The summed E-state index contributed by atoms with van der Waals surface area (Å²) in [6.07, 6.45) is -2.61. The van der Waals surface area contributed by atoms with E-state index in [1.54, 1.807) is 6.07 Å². The van der Waals surface area contributed by atoms with Crippen LogP contribution in [0.3, 0.4) is 0 Å². The summed E-state index contributed by atoms with van der Waals surface area (Å²) < 4.78 is 37.8. The topological polar surface area (TPSA) is 24.9 Å². The second-order valence-electron chi connectivity index (χ2n) is 5.42. The molecule has 0 amide bonds. The summed E-state index contributed by atoms with van der Waals surface area (Å²) in [6.45, 7) is 3.10. The lowest BCUT2D eigenvalue weighted by Crippen LogP contribution is -2.36. The molecule has 0 saturated carbocycles. The van der Waals surface area contributed by atoms with Crippen molar-refractivity contribution in [2.24, 2.45) is 11.8 Å². The van der Waals surface area contributed by atoms with Gasteiger partial charge in [0.15, 0.2) is 0 Å². The van der Waals surface area contributed by atoms with Crippen molar-refractivity contribution < 1.29 is 13.2 Å². The van der Waals surface area contributed by atoms with Crippen molar-refractivity contribution >= 4 is 12.4 Å². The van der Waals surface area contributed by atoms with Crippen molar-refractivity contribution in [1.82, 2.24) is 10.3 Å². The van der Waals surface area contributed by atoms with E-state index in [4.69, 9.17) is 0 Å². The largest absolute Gasteiger partial charge is 0.433 e. The zero-order valence-corrected chi connectivity index (χ0v) is 11.3. The Morgan fingerprint density at radius 1 is 1.32 bits per heavy atom. The van der Waals surface area contributed by atoms with E-state index >= 15 is 0 Å². The lowest BCUT2D eigenvalue weighted by molar-refractivity contribution is -0.141. The predicted molar refractivity (Wildman–Crippen MR) is 68.2 cm³/mol. The average molecular weight is 293 g/mol. The fraction of sp³-hybridized carbons (Fsp3) is 0.615. The Morgan fingerprint density at radius 3 is 2.74 bits per heavy atom. The highest BCUT2D eigenvalue weighted by Gasteiger charge is 2.39. The highest BCUT2D eigenvalue weighted by Crippen LogP contribution is 2.42. The summed E-state index contributed by atoms with van der Waals surface area (Å²) in [6, 6.07) is 2.89. The molecule has 0 bridgehead atoms. The Hall–Kier alpha value is -0.810. The van der Waals surface area contributed by atoms with Crippen LogP contribution < -0.4 is 5.32 Å². The molecule has 0 radical (unpaired) electrons. The third kappa shape index (κ3) is 2.58. The second kappa shape index (κ2) is 4.94. The van der Waals surface area contributed by atoms with Gasteiger partial charge in [-0.3, -0.25) is 0 Å². The van der Waals surface area contributed by atoms with E-state index in [0.717, 1.165) is 24.6 Å². The minimum Gasteiger partial charge on any atom is -0.309 e. The first-order valence-electron chi connectivity index (χ1n) is 6.25. The van der Waals surface area contributed by atoms with Gasteiger partial charge in [-0.2, -0.15) is 13.2 Å². The molecule has 2 heterocycles. The van der Waals surface area contributed by atoms with Gasteiger partial charge in [0, 0.05) is 11.7 Å². The third-order valence-corrected chi connectivity index (χ3v) is 3.95. The van der Waals surface area contributed by atoms with Crippen LogP contribution in [0, 0.1) is 11.8 Å². The fourth-order valence-electron chi connectivity index (χ4n) is 3.16. The number of rotatable bonds is 0. The molecule has 0 unspecified atom stereocenters. The summed E-state index contributed by atoms with van der Waals surface area (Å²) in [5, 5.41) is 3.42. The third-order valence-electron chi connectivity index (χ3n) is 3.95. The van der Waals surface area contributed by atoms with Crippen LogP contribution in [-0.4, -0.2) is 11.5 Å². The van der Waals surface area contributed by atoms with Crippen LogP contribution in [0.25, 0.3) is 0 Å². The number of halogens is 4. The number of hydrogen-bond acceptors (Lipinski definition) is 2. The molecule has 2 nitrogen and oxygen atoms in total. The molecule has 1 aliphatic heterocycles. The maximum absolute atomic E-state index is 12.6. The van der Waals surface area contributed by atoms with Crippen LogP contribution in [-0.2, 0) is 12.6 Å². The molecule has 1 aliphatic carbocycles. The molecule has 19 heavy (non-hydrogen) atoms. The molecule has 1 aromatic rings. The van der Waals surface area contributed by atoms with E-state index < -0.39 is 11.9 Å². The summed E-state index contributed by atoms with van der Waals surface area (Å²) >= 11 is 0. The maximum Gasteiger partial charge on any atom is 0.433 e. The van der Waals surface area contributed by atoms with Crippen LogP contribution in [0.15, 0.2) is 12.1 Å².